The van der Waals surface area contributed by atoms with Crippen LogP contribution in [0.1, 0.15) is 23.2 Å². The van der Waals surface area contributed by atoms with Crippen LogP contribution in [0.25, 0.3) is 10.9 Å². The number of aromatic nitrogens is 2. The lowest BCUT2D eigenvalue weighted by Gasteiger charge is -2.23. The molecule has 98 valence electrons. The van der Waals surface area contributed by atoms with Crippen molar-refractivity contribution in [3.63, 3.8) is 0 Å². The highest BCUT2D eigenvalue weighted by Crippen LogP contribution is 2.13. The molecule has 1 aliphatic heterocycles. The lowest BCUT2D eigenvalue weighted by atomic mass is 10.1. The quantitative estimate of drug-likeness (QED) is 0.736. The van der Waals surface area contributed by atoms with Gasteiger partial charge in [-0.2, -0.15) is 5.10 Å². The Kier molecular flexibility index (Phi) is 2.91. The fourth-order valence-corrected chi connectivity index (χ4v) is 2.21. The smallest absolute Gasteiger partial charge is 0.251 e. The van der Waals surface area contributed by atoms with Crippen molar-refractivity contribution >= 4 is 22.7 Å². The Morgan fingerprint density at radius 2 is 2.32 bits per heavy atom. The van der Waals surface area contributed by atoms with Crippen LogP contribution in [0.2, 0.25) is 0 Å². The van der Waals surface area contributed by atoms with Crippen molar-refractivity contribution in [2.45, 2.75) is 18.9 Å². The molecule has 0 aliphatic carbocycles. The van der Waals surface area contributed by atoms with Gasteiger partial charge in [-0.15, -0.1) is 0 Å². The minimum absolute atomic E-state index is 0.00486. The monoisotopic (exact) mass is 258 g/mol. The van der Waals surface area contributed by atoms with E-state index in [2.05, 4.69) is 20.8 Å². The molecule has 0 saturated carbocycles. The number of fused-ring (bicyclic) bond motifs is 1. The van der Waals surface area contributed by atoms with Gasteiger partial charge >= 0.3 is 0 Å². The Hall–Kier alpha value is -2.37. The molecule has 19 heavy (non-hydrogen) atoms. The van der Waals surface area contributed by atoms with E-state index in [0.717, 1.165) is 10.9 Å². The van der Waals surface area contributed by atoms with Gasteiger partial charge in [-0.1, -0.05) is 0 Å². The van der Waals surface area contributed by atoms with E-state index >= 15 is 0 Å². The number of aromatic amines is 1. The van der Waals surface area contributed by atoms with Crippen molar-refractivity contribution in [2.75, 3.05) is 6.54 Å². The van der Waals surface area contributed by atoms with Crippen molar-refractivity contribution in [3.05, 3.63) is 30.0 Å². The first-order valence-electron chi connectivity index (χ1n) is 6.23. The van der Waals surface area contributed by atoms with Crippen molar-refractivity contribution in [1.82, 2.24) is 20.8 Å². The molecule has 1 aliphatic rings. The summed E-state index contributed by atoms with van der Waals surface area (Å²) < 4.78 is 0. The van der Waals surface area contributed by atoms with E-state index in [1.54, 1.807) is 18.3 Å². The standard InChI is InChI=1S/C13H14N4O2/c18-12-4-2-10(7-14-12)16-13(19)8-1-3-11-9(5-8)6-15-17-11/h1,3,5-6,10H,2,4,7H2,(H,14,18)(H,15,17)(H,16,19). The van der Waals surface area contributed by atoms with Crippen LogP contribution >= 0.6 is 0 Å². The second-order valence-electron chi connectivity index (χ2n) is 4.69. The molecule has 1 saturated heterocycles. The summed E-state index contributed by atoms with van der Waals surface area (Å²) in [6.45, 7) is 0.499. The molecule has 3 rings (SSSR count). The van der Waals surface area contributed by atoms with Gasteiger partial charge in [-0.3, -0.25) is 14.7 Å². The molecule has 1 atom stereocenters. The van der Waals surface area contributed by atoms with Gasteiger partial charge in [0.25, 0.3) is 5.91 Å². The second-order valence-corrected chi connectivity index (χ2v) is 4.69. The molecule has 1 aromatic heterocycles. The Morgan fingerprint density at radius 3 is 3.11 bits per heavy atom. The second kappa shape index (κ2) is 4.72. The fourth-order valence-electron chi connectivity index (χ4n) is 2.21. The van der Waals surface area contributed by atoms with Crippen molar-refractivity contribution in [1.29, 1.82) is 0 Å². The summed E-state index contributed by atoms with van der Waals surface area (Å²) in [7, 11) is 0. The highest BCUT2D eigenvalue weighted by atomic mass is 16.2. The van der Waals surface area contributed by atoms with E-state index in [9.17, 15) is 9.59 Å². The average molecular weight is 258 g/mol. The van der Waals surface area contributed by atoms with Crippen molar-refractivity contribution < 1.29 is 9.59 Å². The molecule has 2 heterocycles. The first-order chi connectivity index (χ1) is 9.22. The highest BCUT2D eigenvalue weighted by Gasteiger charge is 2.20. The molecule has 2 aromatic rings. The Balaban J connectivity index is 1.71. The third kappa shape index (κ3) is 2.42. The summed E-state index contributed by atoms with van der Waals surface area (Å²) in [6.07, 6.45) is 2.84. The molecule has 0 spiro atoms. The largest absolute Gasteiger partial charge is 0.354 e. The number of carbonyl (C=O) groups excluding carboxylic acids is 2. The Bertz CT molecular complexity index is 624. The van der Waals surface area contributed by atoms with E-state index < -0.39 is 0 Å². The topological polar surface area (TPSA) is 86.9 Å². The molecular weight excluding hydrogens is 244 g/mol. The molecule has 1 aromatic carbocycles. The zero-order valence-corrected chi connectivity index (χ0v) is 10.3. The number of nitrogens with zero attached hydrogens (tertiary/aromatic N) is 1. The van der Waals surface area contributed by atoms with Crippen LogP contribution in [-0.2, 0) is 4.79 Å². The van der Waals surface area contributed by atoms with E-state index in [1.165, 1.54) is 0 Å². The Morgan fingerprint density at radius 1 is 1.42 bits per heavy atom. The lowest BCUT2D eigenvalue weighted by molar-refractivity contribution is -0.122. The molecular formula is C13H14N4O2. The number of piperidine rings is 1. The fraction of sp³-hybridized carbons (Fsp3) is 0.308. The number of nitrogens with one attached hydrogen (secondary N) is 3. The van der Waals surface area contributed by atoms with Gasteiger partial charge in [0, 0.05) is 30.0 Å². The number of rotatable bonds is 2. The average Bonchev–Trinajstić information content (AvgIpc) is 2.88. The molecule has 3 N–H and O–H groups in total. The van der Waals surface area contributed by atoms with Gasteiger partial charge in [0.05, 0.1) is 11.7 Å². The number of benzene rings is 1. The van der Waals surface area contributed by atoms with Gasteiger partial charge in [-0.25, -0.2) is 0 Å². The van der Waals surface area contributed by atoms with Gasteiger partial charge in [-0.05, 0) is 24.6 Å². The zero-order valence-electron chi connectivity index (χ0n) is 10.3. The van der Waals surface area contributed by atoms with Crippen LogP contribution in [0.3, 0.4) is 0 Å². The maximum atomic E-state index is 12.1. The lowest BCUT2D eigenvalue weighted by Crippen LogP contribution is -2.47. The highest BCUT2D eigenvalue weighted by molar-refractivity contribution is 5.98. The number of carbonyl (C=O) groups is 2. The van der Waals surface area contributed by atoms with Crippen LogP contribution in [-0.4, -0.2) is 34.6 Å². The van der Waals surface area contributed by atoms with Crippen LogP contribution in [0.15, 0.2) is 24.4 Å². The van der Waals surface area contributed by atoms with Crippen LogP contribution in [0, 0.1) is 0 Å². The molecule has 0 radical (unpaired) electrons. The summed E-state index contributed by atoms with van der Waals surface area (Å²) in [5.74, 6) is -0.0745. The van der Waals surface area contributed by atoms with Crippen LogP contribution in [0.5, 0.6) is 0 Å². The summed E-state index contributed by atoms with van der Waals surface area (Å²) >= 11 is 0. The van der Waals surface area contributed by atoms with E-state index in [-0.39, 0.29) is 17.9 Å². The molecule has 1 unspecified atom stereocenters. The number of hydrogen-bond acceptors (Lipinski definition) is 3. The van der Waals surface area contributed by atoms with E-state index in [4.69, 9.17) is 0 Å². The summed E-state index contributed by atoms with van der Waals surface area (Å²) in [5, 5.41) is 13.3. The van der Waals surface area contributed by atoms with Crippen molar-refractivity contribution in [3.8, 4) is 0 Å². The molecule has 6 nitrogen and oxygen atoms in total. The molecule has 1 fully saturated rings. The number of H-pyrrole nitrogens is 1. The van der Waals surface area contributed by atoms with Crippen LogP contribution < -0.4 is 10.6 Å². The molecule has 0 bridgehead atoms. The van der Waals surface area contributed by atoms with Gasteiger partial charge in [0.1, 0.15) is 0 Å². The third-order valence-corrected chi connectivity index (χ3v) is 3.30. The first kappa shape index (κ1) is 11.7. The molecule has 2 amide bonds. The maximum Gasteiger partial charge on any atom is 0.251 e. The van der Waals surface area contributed by atoms with Gasteiger partial charge in [0.15, 0.2) is 0 Å². The van der Waals surface area contributed by atoms with E-state index in [0.29, 0.717) is 24.9 Å². The summed E-state index contributed by atoms with van der Waals surface area (Å²) in [4.78, 5) is 23.2. The predicted molar refractivity (Wildman–Crippen MR) is 69.6 cm³/mol. The van der Waals surface area contributed by atoms with Crippen molar-refractivity contribution in [2.24, 2.45) is 0 Å². The summed E-state index contributed by atoms with van der Waals surface area (Å²) in [5.41, 5.74) is 1.51. The minimum atomic E-state index is -0.121. The van der Waals surface area contributed by atoms with Gasteiger partial charge in [0.2, 0.25) is 5.91 Å². The summed E-state index contributed by atoms with van der Waals surface area (Å²) in [6, 6.07) is 5.40. The molecule has 6 heteroatoms. The maximum absolute atomic E-state index is 12.1. The minimum Gasteiger partial charge on any atom is -0.354 e. The predicted octanol–water partition coefficient (Wildman–Crippen LogP) is 0.571. The Labute approximate surface area is 109 Å². The first-order valence-corrected chi connectivity index (χ1v) is 6.23. The SMILES string of the molecule is O=C1CCC(NC(=O)c2ccc3[nH]ncc3c2)CN1. The van der Waals surface area contributed by atoms with Gasteiger partial charge < -0.3 is 10.6 Å². The van der Waals surface area contributed by atoms with E-state index in [1.807, 2.05) is 6.07 Å². The van der Waals surface area contributed by atoms with Crippen LogP contribution in [0.4, 0.5) is 0 Å². The number of hydrogen-bond donors (Lipinski definition) is 3. The normalized spacial score (nSPS) is 19.2. The number of amides is 2. The zero-order chi connectivity index (χ0) is 13.2. The third-order valence-electron chi connectivity index (χ3n) is 3.30.